The smallest absolute Gasteiger partial charge is 0.306 e. The van der Waals surface area contributed by atoms with Gasteiger partial charge in [-0.25, -0.2) is 0 Å². The first kappa shape index (κ1) is 30.3. The third-order valence-electron chi connectivity index (χ3n) is 5.67. The average molecular weight is 459 g/mol. The molecule has 4 nitrogen and oxygen atoms in total. The molecule has 0 rings (SSSR count). The van der Waals surface area contributed by atoms with Crippen LogP contribution in [0.1, 0.15) is 130 Å². The summed E-state index contributed by atoms with van der Waals surface area (Å²) in [7, 11) is 0. The molecule has 184 valence electrons. The molecule has 0 spiro atoms. The van der Waals surface area contributed by atoms with E-state index >= 15 is 0 Å². The van der Waals surface area contributed by atoms with E-state index in [2.05, 4.69) is 27.7 Å². The molecule has 0 heterocycles. The highest BCUT2D eigenvalue weighted by molar-refractivity contribution is 7.99. The normalized spacial score (nSPS) is 13.0. The van der Waals surface area contributed by atoms with Crippen LogP contribution in [0.4, 0.5) is 0 Å². The molecule has 0 aromatic heterocycles. The minimum Gasteiger partial charge on any atom is -0.462 e. The molecule has 0 bridgehead atoms. The summed E-state index contributed by atoms with van der Waals surface area (Å²) >= 11 is 1.63. The van der Waals surface area contributed by atoms with Crippen molar-refractivity contribution in [3.8, 4) is 0 Å². The quantitative estimate of drug-likeness (QED) is 0.122. The lowest BCUT2D eigenvalue weighted by molar-refractivity contribution is -0.149. The molecule has 0 saturated carbocycles. The number of hydrogen-bond donors (Lipinski definition) is 0. The minimum absolute atomic E-state index is 0.0575. The SMILES string of the molecule is CCCCCCCC(CC)OC(=O)CCSCCC(=O)OC(CC)CCCCCCC. The van der Waals surface area contributed by atoms with Gasteiger partial charge in [-0.2, -0.15) is 11.8 Å². The Hall–Kier alpha value is -0.710. The van der Waals surface area contributed by atoms with Gasteiger partial charge >= 0.3 is 11.9 Å². The van der Waals surface area contributed by atoms with Gasteiger partial charge in [0.15, 0.2) is 0 Å². The predicted octanol–water partition coefficient (Wildman–Crippen LogP) is 7.86. The average Bonchev–Trinajstić information content (AvgIpc) is 2.76. The van der Waals surface area contributed by atoms with Crippen molar-refractivity contribution in [3.05, 3.63) is 0 Å². The van der Waals surface area contributed by atoms with Gasteiger partial charge in [-0.15, -0.1) is 0 Å². The Morgan fingerprint density at radius 3 is 1.35 bits per heavy atom. The molecule has 0 aliphatic carbocycles. The second kappa shape index (κ2) is 22.5. The number of ether oxygens (including phenoxy) is 2. The standard InChI is InChI=1S/C26H50O4S/c1-5-9-11-13-15-17-23(7-3)29-25(27)19-21-31-22-20-26(28)30-24(8-4)18-16-14-12-10-6-2/h23-24H,5-22H2,1-4H3. The maximum atomic E-state index is 12.1. The van der Waals surface area contributed by atoms with E-state index < -0.39 is 0 Å². The summed E-state index contributed by atoms with van der Waals surface area (Å²) in [5.74, 6) is 1.19. The van der Waals surface area contributed by atoms with Crippen LogP contribution in [0, 0.1) is 0 Å². The molecular weight excluding hydrogens is 408 g/mol. The highest BCUT2D eigenvalue weighted by Crippen LogP contribution is 2.15. The highest BCUT2D eigenvalue weighted by atomic mass is 32.2. The van der Waals surface area contributed by atoms with Crippen LogP contribution >= 0.6 is 11.8 Å². The molecule has 0 amide bonds. The van der Waals surface area contributed by atoms with E-state index in [0.29, 0.717) is 24.3 Å². The Morgan fingerprint density at radius 2 is 1.00 bits per heavy atom. The van der Waals surface area contributed by atoms with Crippen LogP contribution in [0.3, 0.4) is 0 Å². The van der Waals surface area contributed by atoms with Gasteiger partial charge in [-0.3, -0.25) is 9.59 Å². The van der Waals surface area contributed by atoms with Crippen molar-refractivity contribution in [1.82, 2.24) is 0 Å². The minimum atomic E-state index is -0.107. The number of hydrogen-bond acceptors (Lipinski definition) is 5. The molecule has 0 aliphatic rings. The summed E-state index contributed by atoms with van der Waals surface area (Å²) < 4.78 is 11.2. The molecule has 5 heteroatoms. The molecule has 0 radical (unpaired) electrons. The molecule has 2 unspecified atom stereocenters. The number of esters is 2. The topological polar surface area (TPSA) is 52.6 Å². The van der Waals surface area contributed by atoms with Crippen LogP contribution in [-0.2, 0) is 19.1 Å². The molecule has 0 aliphatic heterocycles. The zero-order valence-corrected chi connectivity index (χ0v) is 21.7. The van der Waals surface area contributed by atoms with Crippen molar-refractivity contribution >= 4 is 23.7 Å². The monoisotopic (exact) mass is 458 g/mol. The van der Waals surface area contributed by atoms with E-state index in [1.54, 1.807) is 11.8 Å². The predicted molar refractivity (Wildman–Crippen MR) is 134 cm³/mol. The molecule has 31 heavy (non-hydrogen) atoms. The van der Waals surface area contributed by atoms with Crippen LogP contribution in [0.5, 0.6) is 0 Å². The van der Waals surface area contributed by atoms with Gasteiger partial charge in [0, 0.05) is 11.5 Å². The zero-order valence-electron chi connectivity index (χ0n) is 20.9. The van der Waals surface area contributed by atoms with Crippen molar-refractivity contribution in [2.75, 3.05) is 11.5 Å². The first-order chi connectivity index (χ1) is 15.1. The van der Waals surface area contributed by atoms with Gasteiger partial charge in [0.2, 0.25) is 0 Å². The van der Waals surface area contributed by atoms with Crippen molar-refractivity contribution in [1.29, 1.82) is 0 Å². The van der Waals surface area contributed by atoms with Crippen LogP contribution in [0.15, 0.2) is 0 Å². The fraction of sp³-hybridized carbons (Fsp3) is 0.923. The van der Waals surface area contributed by atoms with E-state index in [-0.39, 0.29) is 24.1 Å². The fourth-order valence-corrected chi connectivity index (χ4v) is 4.37. The van der Waals surface area contributed by atoms with Gasteiger partial charge in [-0.05, 0) is 38.5 Å². The maximum Gasteiger partial charge on any atom is 0.306 e. The molecule has 0 saturated heterocycles. The number of carbonyl (C=O) groups is 2. The maximum absolute atomic E-state index is 12.1. The second-order valence-corrected chi connectivity index (χ2v) is 9.78. The Labute approximate surface area is 197 Å². The Morgan fingerprint density at radius 1 is 0.613 bits per heavy atom. The van der Waals surface area contributed by atoms with Crippen LogP contribution in [0.25, 0.3) is 0 Å². The lowest BCUT2D eigenvalue weighted by atomic mass is 10.1. The van der Waals surface area contributed by atoms with Crippen LogP contribution in [0.2, 0.25) is 0 Å². The second-order valence-electron chi connectivity index (χ2n) is 8.56. The van der Waals surface area contributed by atoms with Crippen molar-refractivity contribution in [2.24, 2.45) is 0 Å². The third kappa shape index (κ3) is 19.7. The molecule has 2 atom stereocenters. The summed E-state index contributed by atoms with van der Waals surface area (Å²) in [6, 6.07) is 0. The number of carbonyl (C=O) groups excluding carboxylic acids is 2. The van der Waals surface area contributed by atoms with Crippen LogP contribution < -0.4 is 0 Å². The first-order valence-electron chi connectivity index (χ1n) is 13.0. The number of unbranched alkanes of at least 4 members (excludes halogenated alkanes) is 8. The zero-order chi connectivity index (χ0) is 23.2. The van der Waals surface area contributed by atoms with E-state index in [1.807, 2.05) is 0 Å². The van der Waals surface area contributed by atoms with Crippen LogP contribution in [-0.4, -0.2) is 35.7 Å². The van der Waals surface area contributed by atoms with E-state index in [1.165, 1.54) is 51.4 Å². The molecule has 0 N–H and O–H groups in total. The summed E-state index contributed by atoms with van der Waals surface area (Å²) in [6.45, 7) is 8.60. The number of rotatable bonds is 22. The van der Waals surface area contributed by atoms with Crippen molar-refractivity contribution < 1.29 is 19.1 Å². The Kier molecular flexibility index (Phi) is 22.0. The third-order valence-corrected chi connectivity index (χ3v) is 6.65. The van der Waals surface area contributed by atoms with Gasteiger partial charge in [0.25, 0.3) is 0 Å². The van der Waals surface area contributed by atoms with E-state index in [0.717, 1.165) is 38.5 Å². The van der Waals surface area contributed by atoms with E-state index in [9.17, 15) is 9.59 Å². The van der Waals surface area contributed by atoms with Gasteiger partial charge < -0.3 is 9.47 Å². The first-order valence-corrected chi connectivity index (χ1v) is 14.2. The van der Waals surface area contributed by atoms with Gasteiger partial charge in [-0.1, -0.05) is 79.1 Å². The van der Waals surface area contributed by atoms with Crippen molar-refractivity contribution in [3.63, 3.8) is 0 Å². The lowest BCUT2D eigenvalue weighted by Gasteiger charge is -2.16. The summed E-state index contributed by atoms with van der Waals surface area (Å²) in [4.78, 5) is 24.1. The number of thioether (sulfide) groups is 1. The molecule has 0 aromatic carbocycles. The summed E-state index contributed by atoms with van der Waals surface area (Å²) in [6.07, 6.45) is 17.0. The van der Waals surface area contributed by atoms with E-state index in [4.69, 9.17) is 9.47 Å². The molecule has 0 aromatic rings. The summed E-state index contributed by atoms with van der Waals surface area (Å²) in [5, 5.41) is 0. The fourth-order valence-electron chi connectivity index (χ4n) is 3.55. The summed E-state index contributed by atoms with van der Waals surface area (Å²) in [5.41, 5.74) is 0. The largest absolute Gasteiger partial charge is 0.462 e. The van der Waals surface area contributed by atoms with Crippen molar-refractivity contribution in [2.45, 2.75) is 143 Å². The molecule has 0 fully saturated rings. The molecular formula is C26H50O4S. The highest BCUT2D eigenvalue weighted by Gasteiger charge is 2.14. The lowest BCUT2D eigenvalue weighted by Crippen LogP contribution is -2.18. The van der Waals surface area contributed by atoms with Gasteiger partial charge in [0.1, 0.15) is 12.2 Å². The van der Waals surface area contributed by atoms with Gasteiger partial charge in [0.05, 0.1) is 12.8 Å². The Balaban J connectivity index is 3.78. The Bertz CT molecular complexity index is 390.